The zero-order chi connectivity index (χ0) is 16.9. The fourth-order valence-corrected chi connectivity index (χ4v) is 4.57. The van der Waals surface area contributed by atoms with Gasteiger partial charge in [0.1, 0.15) is 0 Å². The first kappa shape index (κ1) is 17.9. The van der Waals surface area contributed by atoms with E-state index in [0.29, 0.717) is 12.5 Å². The second-order valence-corrected chi connectivity index (χ2v) is 7.92. The lowest BCUT2D eigenvalue weighted by atomic mass is 9.88. The molecular formula is C18H28N2O3S. The predicted octanol–water partition coefficient (Wildman–Crippen LogP) is 1.71. The van der Waals surface area contributed by atoms with Gasteiger partial charge in [0.2, 0.25) is 0 Å². The smallest absolute Gasteiger partial charge is 0.254 e. The van der Waals surface area contributed by atoms with Crippen LogP contribution in [0.4, 0.5) is 0 Å². The number of likely N-dealkylation sites (tertiary alicyclic amines) is 1. The number of nitrogens with zero attached hydrogens (tertiary/aromatic N) is 2. The number of aryl methyl sites for hydroxylation is 1. The number of rotatable bonds is 5. The van der Waals surface area contributed by atoms with Gasteiger partial charge < -0.3 is 14.7 Å². The van der Waals surface area contributed by atoms with Crippen LogP contribution in [0, 0.1) is 11.8 Å². The van der Waals surface area contributed by atoms with Gasteiger partial charge in [-0.25, -0.2) is 0 Å². The molecule has 2 aliphatic rings. The van der Waals surface area contributed by atoms with Crippen LogP contribution in [0.1, 0.15) is 28.6 Å². The summed E-state index contributed by atoms with van der Waals surface area (Å²) in [6, 6.07) is 2.02. The van der Waals surface area contributed by atoms with E-state index in [2.05, 4.69) is 11.8 Å². The maximum Gasteiger partial charge on any atom is 0.254 e. The molecule has 1 N–H and O–H groups in total. The van der Waals surface area contributed by atoms with Gasteiger partial charge in [0.15, 0.2) is 0 Å². The third-order valence-electron chi connectivity index (χ3n) is 5.04. The second-order valence-electron chi connectivity index (χ2n) is 6.93. The molecule has 1 aromatic heterocycles. The van der Waals surface area contributed by atoms with Crippen LogP contribution in [0.2, 0.25) is 0 Å². The normalized spacial score (nSPS) is 25.8. The SMILES string of the molecule is CCc1cc(C(=O)N2C[C@@H](CN3CCOCC3)C[C@H](CO)C2)cs1. The Morgan fingerprint density at radius 2 is 2.08 bits per heavy atom. The van der Waals surface area contributed by atoms with Gasteiger partial charge in [-0.3, -0.25) is 9.69 Å². The molecule has 3 heterocycles. The highest BCUT2D eigenvalue weighted by molar-refractivity contribution is 7.10. The number of ether oxygens (including phenoxy) is 1. The van der Waals surface area contributed by atoms with E-state index in [1.54, 1.807) is 11.3 Å². The Morgan fingerprint density at radius 3 is 2.75 bits per heavy atom. The third-order valence-corrected chi connectivity index (χ3v) is 6.12. The van der Waals surface area contributed by atoms with E-state index < -0.39 is 0 Å². The van der Waals surface area contributed by atoms with Crippen molar-refractivity contribution in [1.29, 1.82) is 0 Å². The molecule has 24 heavy (non-hydrogen) atoms. The molecule has 3 rings (SSSR count). The van der Waals surface area contributed by atoms with Crippen LogP contribution in [0.15, 0.2) is 11.4 Å². The van der Waals surface area contributed by atoms with Gasteiger partial charge in [0.05, 0.1) is 18.8 Å². The van der Waals surface area contributed by atoms with Gasteiger partial charge in [0, 0.05) is 49.6 Å². The minimum absolute atomic E-state index is 0.121. The molecule has 1 amide bonds. The molecule has 6 heteroatoms. The van der Waals surface area contributed by atoms with E-state index in [-0.39, 0.29) is 18.4 Å². The molecule has 2 fully saturated rings. The van der Waals surface area contributed by atoms with E-state index in [4.69, 9.17) is 4.74 Å². The second kappa shape index (κ2) is 8.43. The summed E-state index contributed by atoms with van der Waals surface area (Å²) in [4.78, 5) is 18.5. The summed E-state index contributed by atoms with van der Waals surface area (Å²) in [5.74, 6) is 0.747. The molecule has 0 spiro atoms. The van der Waals surface area contributed by atoms with Crippen molar-refractivity contribution in [2.75, 3.05) is 52.5 Å². The van der Waals surface area contributed by atoms with Crippen molar-refractivity contribution in [2.24, 2.45) is 11.8 Å². The lowest BCUT2D eigenvalue weighted by Gasteiger charge is -2.40. The van der Waals surface area contributed by atoms with E-state index in [1.807, 2.05) is 16.3 Å². The third kappa shape index (κ3) is 4.36. The number of morpholine rings is 1. The lowest BCUT2D eigenvalue weighted by Crippen LogP contribution is -2.49. The van der Waals surface area contributed by atoms with E-state index in [1.165, 1.54) is 4.88 Å². The molecule has 0 aliphatic carbocycles. The summed E-state index contributed by atoms with van der Waals surface area (Å²) in [6.07, 6.45) is 1.97. The van der Waals surface area contributed by atoms with Crippen LogP contribution in [0.3, 0.4) is 0 Å². The summed E-state index contributed by atoms with van der Waals surface area (Å²) >= 11 is 1.66. The number of hydrogen-bond acceptors (Lipinski definition) is 5. The Kier molecular flexibility index (Phi) is 6.27. The quantitative estimate of drug-likeness (QED) is 0.877. The fourth-order valence-electron chi connectivity index (χ4n) is 3.76. The van der Waals surface area contributed by atoms with Crippen LogP contribution in [0.25, 0.3) is 0 Å². The highest BCUT2D eigenvalue weighted by Crippen LogP contribution is 2.25. The molecule has 0 radical (unpaired) electrons. The summed E-state index contributed by atoms with van der Waals surface area (Å²) < 4.78 is 5.42. The summed E-state index contributed by atoms with van der Waals surface area (Å²) in [7, 11) is 0. The number of aliphatic hydroxyl groups excluding tert-OH is 1. The number of carbonyl (C=O) groups excluding carboxylic acids is 1. The topological polar surface area (TPSA) is 53.0 Å². The molecule has 134 valence electrons. The first-order chi connectivity index (χ1) is 11.7. The van der Waals surface area contributed by atoms with Crippen LogP contribution in [0.5, 0.6) is 0 Å². The maximum absolute atomic E-state index is 12.8. The zero-order valence-electron chi connectivity index (χ0n) is 14.4. The van der Waals surface area contributed by atoms with E-state index in [0.717, 1.165) is 57.8 Å². The Morgan fingerprint density at radius 1 is 1.33 bits per heavy atom. The molecule has 0 unspecified atom stereocenters. The highest BCUT2D eigenvalue weighted by Gasteiger charge is 2.31. The molecule has 1 aromatic rings. The number of amides is 1. The van der Waals surface area contributed by atoms with Gasteiger partial charge >= 0.3 is 0 Å². The molecular weight excluding hydrogens is 324 g/mol. The van der Waals surface area contributed by atoms with Crippen molar-refractivity contribution in [1.82, 2.24) is 9.80 Å². The van der Waals surface area contributed by atoms with Gasteiger partial charge in [-0.2, -0.15) is 0 Å². The molecule has 0 bridgehead atoms. The number of aliphatic hydroxyl groups is 1. The van der Waals surface area contributed by atoms with Crippen molar-refractivity contribution in [2.45, 2.75) is 19.8 Å². The lowest BCUT2D eigenvalue weighted by molar-refractivity contribution is 0.0130. The van der Waals surface area contributed by atoms with Gasteiger partial charge in [0.25, 0.3) is 5.91 Å². The van der Waals surface area contributed by atoms with Crippen molar-refractivity contribution in [3.63, 3.8) is 0 Å². The minimum atomic E-state index is 0.121. The minimum Gasteiger partial charge on any atom is -0.396 e. The average Bonchev–Trinajstić information content (AvgIpc) is 3.10. The number of carbonyl (C=O) groups is 1. The number of hydrogen-bond donors (Lipinski definition) is 1. The van der Waals surface area contributed by atoms with Crippen LogP contribution < -0.4 is 0 Å². The summed E-state index contributed by atoms with van der Waals surface area (Å²) in [5, 5.41) is 11.6. The molecule has 2 atom stereocenters. The van der Waals surface area contributed by atoms with Gasteiger partial charge in [-0.1, -0.05) is 6.92 Å². The van der Waals surface area contributed by atoms with E-state index in [9.17, 15) is 9.90 Å². The largest absolute Gasteiger partial charge is 0.396 e. The highest BCUT2D eigenvalue weighted by atomic mass is 32.1. The number of thiophene rings is 1. The average molecular weight is 352 g/mol. The Hall–Kier alpha value is -0.950. The molecule has 0 aromatic carbocycles. The monoisotopic (exact) mass is 352 g/mol. The fraction of sp³-hybridized carbons (Fsp3) is 0.722. The Balaban J connectivity index is 1.64. The first-order valence-corrected chi connectivity index (χ1v) is 9.85. The van der Waals surface area contributed by atoms with Crippen LogP contribution in [-0.2, 0) is 11.2 Å². The Labute approximate surface area is 148 Å². The van der Waals surface area contributed by atoms with Gasteiger partial charge in [-0.15, -0.1) is 11.3 Å². The van der Waals surface area contributed by atoms with E-state index >= 15 is 0 Å². The van der Waals surface area contributed by atoms with Crippen molar-refractivity contribution < 1.29 is 14.6 Å². The first-order valence-electron chi connectivity index (χ1n) is 8.97. The maximum atomic E-state index is 12.8. The molecule has 5 nitrogen and oxygen atoms in total. The summed E-state index contributed by atoms with van der Waals surface area (Å²) in [5.41, 5.74) is 0.806. The van der Waals surface area contributed by atoms with Crippen LogP contribution in [-0.4, -0.2) is 73.4 Å². The standard InChI is InChI=1S/C18H28N2O3S/c1-2-17-8-16(13-24-17)18(22)20-10-14(7-15(11-20)12-21)9-19-3-5-23-6-4-19/h8,13-15,21H,2-7,9-12H2,1H3/t14-,15+/m1/s1. The van der Waals surface area contributed by atoms with Crippen LogP contribution >= 0.6 is 11.3 Å². The van der Waals surface area contributed by atoms with Crippen molar-refractivity contribution in [3.05, 3.63) is 21.9 Å². The summed E-state index contributed by atoms with van der Waals surface area (Å²) in [6.45, 7) is 8.27. The number of piperidine rings is 1. The zero-order valence-corrected chi connectivity index (χ0v) is 15.3. The molecule has 0 saturated carbocycles. The molecule has 2 saturated heterocycles. The predicted molar refractivity (Wildman–Crippen MR) is 95.5 cm³/mol. The van der Waals surface area contributed by atoms with Crippen molar-refractivity contribution >= 4 is 17.2 Å². The van der Waals surface area contributed by atoms with Gasteiger partial charge in [-0.05, 0) is 30.7 Å². The Bertz CT molecular complexity index is 542. The molecule has 2 aliphatic heterocycles. The van der Waals surface area contributed by atoms with Crippen molar-refractivity contribution in [3.8, 4) is 0 Å².